The van der Waals surface area contributed by atoms with Gasteiger partial charge >= 0.3 is 0 Å². The van der Waals surface area contributed by atoms with E-state index in [-0.39, 0.29) is 42.5 Å². The summed E-state index contributed by atoms with van der Waals surface area (Å²) in [7, 11) is -2.25. The van der Waals surface area contributed by atoms with Crippen LogP contribution >= 0.6 is 11.3 Å². The Morgan fingerprint density at radius 2 is 1.81 bits per heavy atom. The van der Waals surface area contributed by atoms with E-state index < -0.39 is 10.0 Å². The molecule has 198 valence electrons. The normalized spacial score (nSPS) is 15.6. The van der Waals surface area contributed by atoms with Gasteiger partial charge in [0.15, 0.2) is 11.5 Å². The third-order valence-electron chi connectivity index (χ3n) is 6.42. The van der Waals surface area contributed by atoms with Gasteiger partial charge in [-0.15, -0.1) is 11.3 Å². The van der Waals surface area contributed by atoms with Gasteiger partial charge in [-0.05, 0) is 60.5 Å². The largest absolute Gasteiger partial charge is 0.493 e. The van der Waals surface area contributed by atoms with Crippen LogP contribution in [-0.2, 0) is 21.2 Å². The summed E-state index contributed by atoms with van der Waals surface area (Å²) in [4.78, 5) is 16.9. The first-order valence-electron chi connectivity index (χ1n) is 12.4. The lowest BCUT2D eigenvalue weighted by molar-refractivity contribution is -0.135. The molecule has 1 aromatic heterocycles. The molecule has 0 bridgehead atoms. The Morgan fingerprint density at radius 3 is 2.49 bits per heavy atom. The molecule has 7 nitrogen and oxygen atoms in total. The van der Waals surface area contributed by atoms with Crippen molar-refractivity contribution in [2.45, 2.75) is 38.1 Å². The van der Waals surface area contributed by atoms with Crippen molar-refractivity contribution in [1.82, 2.24) is 9.21 Å². The average Bonchev–Trinajstić information content (AvgIpc) is 3.36. The molecular weight excluding hydrogens is 508 g/mol. The first kappa shape index (κ1) is 27.2. The molecule has 2 heterocycles. The van der Waals surface area contributed by atoms with Crippen LogP contribution in [0.5, 0.6) is 11.5 Å². The first-order chi connectivity index (χ1) is 17.7. The lowest BCUT2D eigenvalue weighted by atomic mass is 10.0. The van der Waals surface area contributed by atoms with Gasteiger partial charge in [-0.25, -0.2) is 8.42 Å². The molecule has 0 saturated heterocycles. The fraction of sp³-hybridized carbons (Fsp3) is 0.393. The third-order valence-corrected chi connectivity index (χ3v) is 9.24. The van der Waals surface area contributed by atoms with Crippen molar-refractivity contribution in [3.63, 3.8) is 0 Å². The van der Waals surface area contributed by atoms with Crippen LogP contribution in [0, 0.1) is 12.8 Å². The number of thiophene rings is 1. The Balaban J connectivity index is 1.58. The van der Waals surface area contributed by atoms with Crippen molar-refractivity contribution in [1.29, 1.82) is 0 Å². The number of ether oxygens (including phenoxy) is 2. The number of carbonyl (C=O) groups is 1. The van der Waals surface area contributed by atoms with Gasteiger partial charge in [-0.2, -0.15) is 4.31 Å². The predicted molar refractivity (Wildman–Crippen MR) is 146 cm³/mol. The van der Waals surface area contributed by atoms with Gasteiger partial charge in [0, 0.05) is 18.0 Å². The van der Waals surface area contributed by atoms with Crippen LogP contribution in [0.3, 0.4) is 0 Å². The van der Waals surface area contributed by atoms with Crippen molar-refractivity contribution >= 4 is 27.3 Å². The highest BCUT2D eigenvalue weighted by Gasteiger charge is 2.35. The summed E-state index contributed by atoms with van der Waals surface area (Å²) in [6.45, 7) is 6.58. The minimum atomic E-state index is -3.84. The number of amides is 1. The zero-order valence-corrected chi connectivity index (χ0v) is 23.3. The first-order valence-corrected chi connectivity index (χ1v) is 14.7. The second kappa shape index (κ2) is 11.7. The number of aryl methyl sites for hydroxylation is 1. The van der Waals surface area contributed by atoms with E-state index in [1.165, 1.54) is 9.18 Å². The highest BCUT2D eigenvalue weighted by atomic mass is 32.2. The minimum absolute atomic E-state index is 0.0579. The summed E-state index contributed by atoms with van der Waals surface area (Å²) in [5.41, 5.74) is 2.03. The number of nitrogens with zero attached hydrogens (tertiary/aromatic N) is 2. The summed E-state index contributed by atoms with van der Waals surface area (Å²) in [6.07, 6.45) is 0.735. The second-order valence-electron chi connectivity index (χ2n) is 9.62. The van der Waals surface area contributed by atoms with Crippen molar-refractivity contribution < 1.29 is 22.7 Å². The standard InChI is InChI=1S/C28H34N2O5S2/c1-20(2)17-29(37(32,33)22-11-9-21(3)10-12-22)18-28(31)30-15-13-27-23(14-16-36-27)24(30)19-35-26-8-6-5-7-25(26)34-4/h5-12,14,16,20,24H,13,15,17-19H2,1-4H3/t24-/m1/s1. The Hall–Kier alpha value is -2.88. The maximum absolute atomic E-state index is 13.7. The molecule has 4 rings (SSSR count). The molecule has 2 aromatic carbocycles. The molecule has 3 aromatic rings. The lowest BCUT2D eigenvalue weighted by Gasteiger charge is -2.37. The minimum Gasteiger partial charge on any atom is -0.493 e. The molecule has 1 amide bonds. The van der Waals surface area contributed by atoms with E-state index in [2.05, 4.69) is 0 Å². The van der Waals surface area contributed by atoms with Gasteiger partial charge in [-0.1, -0.05) is 43.7 Å². The molecule has 9 heteroatoms. The zero-order valence-electron chi connectivity index (χ0n) is 21.7. The van der Waals surface area contributed by atoms with Gasteiger partial charge in [0.1, 0.15) is 6.61 Å². The summed E-state index contributed by atoms with van der Waals surface area (Å²) in [5, 5.41) is 2.03. The Kier molecular flexibility index (Phi) is 8.56. The molecule has 1 aliphatic rings. The van der Waals surface area contributed by atoms with Crippen molar-refractivity contribution in [3.8, 4) is 11.5 Å². The molecule has 0 fully saturated rings. The van der Waals surface area contributed by atoms with E-state index in [9.17, 15) is 13.2 Å². The Bertz CT molecular complexity index is 1320. The topological polar surface area (TPSA) is 76.2 Å². The molecule has 37 heavy (non-hydrogen) atoms. The SMILES string of the molecule is COc1ccccc1OC[C@@H]1c2ccsc2CCN1C(=O)CN(CC(C)C)S(=O)(=O)c1ccc(C)cc1. The summed E-state index contributed by atoms with van der Waals surface area (Å²) in [6, 6.07) is 15.9. The van der Waals surface area contributed by atoms with Gasteiger partial charge < -0.3 is 14.4 Å². The van der Waals surface area contributed by atoms with Crippen LogP contribution in [0.2, 0.25) is 0 Å². The van der Waals surface area contributed by atoms with Gasteiger partial charge in [0.2, 0.25) is 15.9 Å². The molecular formula is C28H34N2O5S2. The number of hydrogen-bond acceptors (Lipinski definition) is 6. The summed E-state index contributed by atoms with van der Waals surface area (Å²) in [5.74, 6) is 1.04. The average molecular weight is 543 g/mol. The smallest absolute Gasteiger partial charge is 0.243 e. The van der Waals surface area contributed by atoms with E-state index in [0.29, 0.717) is 18.0 Å². The highest BCUT2D eigenvalue weighted by molar-refractivity contribution is 7.89. The molecule has 0 spiro atoms. The maximum Gasteiger partial charge on any atom is 0.243 e. The predicted octanol–water partition coefficient (Wildman–Crippen LogP) is 4.92. The van der Waals surface area contributed by atoms with Crippen LogP contribution in [-0.4, -0.2) is 56.9 Å². The van der Waals surface area contributed by atoms with Crippen LogP contribution in [0.4, 0.5) is 0 Å². The van der Waals surface area contributed by atoms with E-state index >= 15 is 0 Å². The summed E-state index contributed by atoms with van der Waals surface area (Å²) < 4.78 is 39.9. The number of hydrogen-bond donors (Lipinski definition) is 0. The quantitative estimate of drug-likeness (QED) is 0.364. The summed E-state index contributed by atoms with van der Waals surface area (Å²) >= 11 is 1.67. The second-order valence-corrected chi connectivity index (χ2v) is 12.6. The number of benzene rings is 2. The lowest BCUT2D eigenvalue weighted by Crippen LogP contribution is -2.48. The number of para-hydroxylation sites is 2. The number of fused-ring (bicyclic) bond motifs is 1. The monoisotopic (exact) mass is 542 g/mol. The number of sulfonamides is 1. The van der Waals surface area contributed by atoms with Crippen molar-refractivity contribution in [2.75, 3.05) is 33.4 Å². The number of carbonyl (C=O) groups excluding carboxylic acids is 1. The molecule has 0 N–H and O–H groups in total. The molecule has 1 aliphatic heterocycles. The fourth-order valence-electron chi connectivity index (χ4n) is 4.54. The van der Waals surface area contributed by atoms with E-state index in [1.807, 2.05) is 56.5 Å². The third kappa shape index (κ3) is 6.17. The maximum atomic E-state index is 13.7. The van der Waals surface area contributed by atoms with E-state index in [1.54, 1.807) is 47.6 Å². The van der Waals surface area contributed by atoms with Gasteiger partial charge in [-0.3, -0.25) is 4.79 Å². The number of methoxy groups -OCH3 is 1. The highest BCUT2D eigenvalue weighted by Crippen LogP contribution is 2.35. The van der Waals surface area contributed by atoms with Crippen LogP contribution in [0.1, 0.15) is 35.9 Å². The van der Waals surface area contributed by atoms with Crippen molar-refractivity contribution in [2.24, 2.45) is 5.92 Å². The van der Waals surface area contributed by atoms with Crippen LogP contribution < -0.4 is 9.47 Å². The van der Waals surface area contributed by atoms with Crippen molar-refractivity contribution in [3.05, 3.63) is 76.0 Å². The molecule has 0 saturated carbocycles. The molecule has 0 unspecified atom stereocenters. The van der Waals surface area contributed by atoms with E-state index in [4.69, 9.17) is 9.47 Å². The fourth-order valence-corrected chi connectivity index (χ4v) is 7.02. The van der Waals surface area contributed by atoms with Gasteiger partial charge in [0.05, 0.1) is 24.6 Å². The van der Waals surface area contributed by atoms with Crippen LogP contribution in [0.25, 0.3) is 0 Å². The number of rotatable bonds is 10. The van der Waals surface area contributed by atoms with Crippen LogP contribution in [0.15, 0.2) is 64.9 Å². The molecule has 0 radical (unpaired) electrons. The van der Waals surface area contributed by atoms with Gasteiger partial charge in [0.25, 0.3) is 0 Å². The molecule has 0 aliphatic carbocycles. The zero-order chi connectivity index (χ0) is 26.6. The Labute approximate surface area is 223 Å². The Morgan fingerprint density at radius 1 is 1.11 bits per heavy atom. The molecule has 1 atom stereocenters. The van der Waals surface area contributed by atoms with E-state index in [0.717, 1.165) is 17.5 Å².